The van der Waals surface area contributed by atoms with Gasteiger partial charge in [-0.15, -0.1) is 0 Å². The van der Waals surface area contributed by atoms with Crippen molar-refractivity contribution >= 4 is 40.5 Å². The number of aryl methyl sites for hydroxylation is 1. The van der Waals surface area contributed by atoms with Crippen LogP contribution in [-0.4, -0.2) is 11.0 Å². The molecule has 2 aromatic carbocycles. The Labute approximate surface area is 128 Å². The summed E-state index contributed by atoms with van der Waals surface area (Å²) in [5, 5.41) is 5.96. The first-order valence-corrected chi connectivity index (χ1v) is 6.78. The monoisotopic (exact) mass is 304 g/mol. The first-order chi connectivity index (χ1) is 9.56. The quantitative estimate of drug-likeness (QED) is 0.819. The maximum absolute atomic E-state index is 11.8. The molecule has 0 aliphatic heterocycles. The lowest BCUT2D eigenvalue weighted by atomic mass is 10.1. The van der Waals surface area contributed by atoms with Crippen molar-refractivity contribution in [1.29, 1.82) is 0 Å². The number of carbonyl (C=O) groups is 1. The van der Waals surface area contributed by atoms with Crippen LogP contribution in [0.25, 0.3) is 0 Å². The Kier molecular flexibility index (Phi) is 4.71. The van der Waals surface area contributed by atoms with Crippen LogP contribution in [-0.2, 0) is 0 Å². The SMILES string of the molecule is Cc1ccccc1C(=S)NC(=O)Nc1ccc(Cl)cc1. The summed E-state index contributed by atoms with van der Waals surface area (Å²) in [7, 11) is 0. The second kappa shape index (κ2) is 6.50. The summed E-state index contributed by atoms with van der Waals surface area (Å²) < 4.78 is 0. The molecular formula is C15H13ClN2OS. The summed E-state index contributed by atoms with van der Waals surface area (Å²) in [5.41, 5.74) is 2.51. The first-order valence-electron chi connectivity index (χ1n) is 6.00. The lowest BCUT2D eigenvalue weighted by Gasteiger charge is -2.10. The van der Waals surface area contributed by atoms with Crippen molar-refractivity contribution in [2.45, 2.75) is 6.92 Å². The van der Waals surface area contributed by atoms with E-state index in [2.05, 4.69) is 10.6 Å². The van der Waals surface area contributed by atoms with E-state index in [-0.39, 0.29) is 6.03 Å². The minimum absolute atomic E-state index is 0.374. The van der Waals surface area contributed by atoms with Gasteiger partial charge in [0.2, 0.25) is 0 Å². The molecule has 20 heavy (non-hydrogen) atoms. The molecule has 0 atom stereocenters. The fourth-order valence-corrected chi connectivity index (χ4v) is 2.14. The lowest BCUT2D eigenvalue weighted by molar-refractivity contribution is 0.256. The Morgan fingerprint density at radius 2 is 1.75 bits per heavy atom. The van der Waals surface area contributed by atoms with Crippen LogP contribution in [0.1, 0.15) is 11.1 Å². The average molecular weight is 305 g/mol. The van der Waals surface area contributed by atoms with Gasteiger partial charge in [0.15, 0.2) is 0 Å². The number of hydrogen-bond acceptors (Lipinski definition) is 2. The molecule has 2 rings (SSSR count). The molecular weight excluding hydrogens is 292 g/mol. The van der Waals surface area contributed by atoms with Gasteiger partial charge in [-0.25, -0.2) is 4.79 Å². The van der Waals surface area contributed by atoms with Crippen LogP contribution < -0.4 is 10.6 Å². The average Bonchev–Trinajstić information content (AvgIpc) is 2.41. The van der Waals surface area contributed by atoms with Crippen molar-refractivity contribution in [2.75, 3.05) is 5.32 Å². The van der Waals surface area contributed by atoms with Crippen LogP contribution in [0.15, 0.2) is 48.5 Å². The minimum Gasteiger partial charge on any atom is -0.308 e. The van der Waals surface area contributed by atoms with E-state index >= 15 is 0 Å². The maximum atomic E-state index is 11.8. The van der Waals surface area contributed by atoms with Crippen LogP contribution in [0.4, 0.5) is 10.5 Å². The van der Waals surface area contributed by atoms with Crippen LogP contribution in [0.5, 0.6) is 0 Å². The summed E-state index contributed by atoms with van der Waals surface area (Å²) >= 11 is 11.0. The summed E-state index contributed by atoms with van der Waals surface area (Å²) in [5.74, 6) is 0. The van der Waals surface area contributed by atoms with E-state index in [0.717, 1.165) is 11.1 Å². The molecule has 0 radical (unpaired) electrons. The minimum atomic E-state index is -0.374. The molecule has 0 aliphatic rings. The number of carbonyl (C=O) groups excluding carboxylic acids is 1. The van der Waals surface area contributed by atoms with Crippen molar-refractivity contribution in [3.8, 4) is 0 Å². The van der Waals surface area contributed by atoms with E-state index in [0.29, 0.717) is 15.7 Å². The van der Waals surface area contributed by atoms with Gasteiger partial charge in [0, 0.05) is 16.3 Å². The molecule has 0 heterocycles. The summed E-state index contributed by atoms with van der Waals surface area (Å²) in [4.78, 5) is 12.2. The number of anilines is 1. The van der Waals surface area contributed by atoms with Crippen molar-refractivity contribution in [3.05, 3.63) is 64.7 Å². The predicted molar refractivity (Wildman–Crippen MR) is 86.5 cm³/mol. The number of hydrogen-bond donors (Lipinski definition) is 2. The molecule has 5 heteroatoms. The molecule has 0 aliphatic carbocycles. The molecule has 102 valence electrons. The fraction of sp³-hybridized carbons (Fsp3) is 0.0667. The third-order valence-corrected chi connectivity index (χ3v) is 3.29. The third kappa shape index (κ3) is 3.79. The fourth-order valence-electron chi connectivity index (χ4n) is 1.69. The van der Waals surface area contributed by atoms with Crippen molar-refractivity contribution in [2.24, 2.45) is 0 Å². The normalized spacial score (nSPS) is 9.90. The number of thiocarbonyl (C=S) groups is 1. The van der Waals surface area contributed by atoms with Gasteiger partial charge in [-0.3, -0.25) is 5.32 Å². The van der Waals surface area contributed by atoms with Gasteiger partial charge < -0.3 is 5.32 Å². The smallest absolute Gasteiger partial charge is 0.308 e. The highest BCUT2D eigenvalue weighted by molar-refractivity contribution is 7.80. The summed E-state index contributed by atoms with van der Waals surface area (Å²) in [6, 6.07) is 14.1. The number of nitrogens with one attached hydrogen (secondary N) is 2. The Morgan fingerprint density at radius 1 is 1.10 bits per heavy atom. The Morgan fingerprint density at radius 3 is 2.40 bits per heavy atom. The van der Waals surface area contributed by atoms with Crippen LogP contribution in [0.3, 0.4) is 0 Å². The summed E-state index contributed by atoms with van der Waals surface area (Å²) in [6.45, 7) is 1.94. The Bertz CT molecular complexity index is 641. The van der Waals surface area contributed by atoms with E-state index in [4.69, 9.17) is 23.8 Å². The molecule has 0 saturated heterocycles. The number of urea groups is 1. The molecule has 0 unspecified atom stereocenters. The topological polar surface area (TPSA) is 41.1 Å². The van der Waals surface area contributed by atoms with Crippen molar-refractivity contribution < 1.29 is 4.79 Å². The molecule has 2 amide bonds. The lowest BCUT2D eigenvalue weighted by Crippen LogP contribution is -2.34. The first kappa shape index (κ1) is 14.5. The molecule has 2 N–H and O–H groups in total. The predicted octanol–water partition coefficient (Wildman–Crippen LogP) is 4.15. The molecule has 0 saturated carbocycles. The zero-order valence-corrected chi connectivity index (χ0v) is 12.4. The van der Waals surface area contributed by atoms with Gasteiger partial charge in [-0.1, -0.05) is 48.1 Å². The van der Waals surface area contributed by atoms with Gasteiger partial charge >= 0.3 is 6.03 Å². The van der Waals surface area contributed by atoms with Crippen molar-refractivity contribution in [3.63, 3.8) is 0 Å². The zero-order valence-electron chi connectivity index (χ0n) is 10.8. The standard InChI is InChI=1S/C15H13ClN2OS/c1-10-4-2-3-5-13(10)14(20)18-15(19)17-12-8-6-11(16)7-9-12/h2-9H,1H3,(H2,17,18,19,20). The van der Waals surface area contributed by atoms with E-state index < -0.39 is 0 Å². The van der Waals surface area contributed by atoms with E-state index in [1.165, 1.54) is 0 Å². The van der Waals surface area contributed by atoms with E-state index in [1.807, 2.05) is 31.2 Å². The van der Waals surface area contributed by atoms with Gasteiger partial charge in [0.1, 0.15) is 4.99 Å². The zero-order chi connectivity index (χ0) is 14.5. The molecule has 0 bridgehead atoms. The highest BCUT2D eigenvalue weighted by Crippen LogP contribution is 2.13. The number of rotatable bonds is 2. The second-order valence-electron chi connectivity index (χ2n) is 4.23. The van der Waals surface area contributed by atoms with Crippen LogP contribution in [0, 0.1) is 6.92 Å². The van der Waals surface area contributed by atoms with Gasteiger partial charge in [0.05, 0.1) is 0 Å². The molecule has 0 spiro atoms. The third-order valence-electron chi connectivity index (χ3n) is 2.72. The molecule has 0 aromatic heterocycles. The summed E-state index contributed by atoms with van der Waals surface area (Å²) in [6.07, 6.45) is 0. The number of amides is 2. The van der Waals surface area contributed by atoms with Crippen LogP contribution >= 0.6 is 23.8 Å². The number of benzene rings is 2. The Balaban J connectivity index is 2.00. The second-order valence-corrected chi connectivity index (χ2v) is 5.07. The molecule has 2 aromatic rings. The molecule has 0 fully saturated rings. The number of halogens is 1. The van der Waals surface area contributed by atoms with Crippen molar-refractivity contribution in [1.82, 2.24) is 5.32 Å². The van der Waals surface area contributed by atoms with Gasteiger partial charge in [-0.05, 0) is 36.8 Å². The Hall–Kier alpha value is -1.91. The van der Waals surface area contributed by atoms with Gasteiger partial charge in [0.25, 0.3) is 0 Å². The largest absolute Gasteiger partial charge is 0.324 e. The van der Waals surface area contributed by atoms with E-state index in [9.17, 15) is 4.79 Å². The highest BCUT2D eigenvalue weighted by atomic mass is 35.5. The van der Waals surface area contributed by atoms with Crippen LogP contribution in [0.2, 0.25) is 5.02 Å². The van der Waals surface area contributed by atoms with E-state index in [1.54, 1.807) is 24.3 Å². The molecule has 3 nitrogen and oxygen atoms in total. The van der Waals surface area contributed by atoms with Gasteiger partial charge in [-0.2, -0.15) is 0 Å². The maximum Gasteiger partial charge on any atom is 0.324 e. The highest BCUT2D eigenvalue weighted by Gasteiger charge is 2.08.